The fourth-order valence-electron chi connectivity index (χ4n) is 1.61. The van der Waals surface area contributed by atoms with E-state index >= 15 is 0 Å². The molecule has 0 saturated heterocycles. The standard InChI is InChI=1S/C13H13ClF3N3OS/c1-7(2)3-10-19-11(21-20-10)6-22-12-9(14)4-8(5-18-12)13(15,16)17/h4-5,7H,3,6H2,1-2H3. The van der Waals surface area contributed by atoms with Gasteiger partial charge in [0.25, 0.3) is 0 Å². The van der Waals surface area contributed by atoms with Crippen molar-refractivity contribution >= 4 is 23.4 Å². The summed E-state index contributed by atoms with van der Waals surface area (Å²) in [5.74, 6) is 1.70. The topological polar surface area (TPSA) is 51.8 Å². The summed E-state index contributed by atoms with van der Waals surface area (Å²) in [4.78, 5) is 7.94. The lowest BCUT2D eigenvalue weighted by atomic mass is 10.1. The van der Waals surface area contributed by atoms with Gasteiger partial charge in [-0.3, -0.25) is 0 Å². The van der Waals surface area contributed by atoms with E-state index in [0.717, 1.165) is 24.0 Å². The molecule has 0 unspecified atom stereocenters. The van der Waals surface area contributed by atoms with Crippen molar-refractivity contribution in [3.63, 3.8) is 0 Å². The van der Waals surface area contributed by atoms with Crippen molar-refractivity contribution in [3.8, 4) is 0 Å². The van der Waals surface area contributed by atoms with Gasteiger partial charge in [0.15, 0.2) is 5.82 Å². The SMILES string of the molecule is CC(C)Cc1noc(CSc2ncc(C(F)(F)F)cc2Cl)n1. The van der Waals surface area contributed by atoms with Gasteiger partial charge in [-0.05, 0) is 12.0 Å². The molecule has 0 N–H and O–H groups in total. The number of halogens is 4. The lowest BCUT2D eigenvalue weighted by Crippen LogP contribution is -2.05. The number of nitrogens with zero attached hydrogens (tertiary/aromatic N) is 3. The summed E-state index contributed by atoms with van der Waals surface area (Å²) < 4.78 is 42.6. The van der Waals surface area contributed by atoms with Crippen molar-refractivity contribution in [2.45, 2.75) is 37.2 Å². The van der Waals surface area contributed by atoms with E-state index < -0.39 is 11.7 Å². The van der Waals surface area contributed by atoms with Crippen LogP contribution in [0.3, 0.4) is 0 Å². The molecule has 22 heavy (non-hydrogen) atoms. The minimum atomic E-state index is -4.46. The Morgan fingerprint density at radius 2 is 2.09 bits per heavy atom. The summed E-state index contributed by atoms with van der Waals surface area (Å²) in [7, 11) is 0. The smallest absolute Gasteiger partial charge is 0.338 e. The maximum Gasteiger partial charge on any atom is 0.417 e. The Labute approximate surface area is 134 Å². The van der Waals surface area contributed by atoms with Crippen LogP contribution in [0, 0.1) is 5.92 Å². The molecule has 2 aromatic rings. The van der Waals surface area contributed by atoms with Gasteiger partial charge in [0, 0.05) is 12.6 Å². The van der Waals surface area contributed by atoms with E-state index in [9.17, 15) is 13.2 Å². The molecule has 9 heteroatoms. The van der Waals surface area contributed by atoms with Gasteiger partial charge < -0.3 is 4.52 Å². The third-order valence-electron chi connectivity index (χ3n) is 2.57. The van der Waals surface area contributed by atoms with E-state index in [4.69, 9.17) is 16.1 Å². The van der Waals surface area contributed by atoms with E-state index in [1.54, 1.807) is 0 Å². The van der Waals surface area contributed by atoms with Gasteiger partial charge in [-0.15, -0.1) is 0 Å². The predicted molar refractivity (Wildman–Crippen MR) is 76.7 cm³/mol. The van der Waals surface area contributed by atoms with Crippen molar-refractivity contribution in [3.05, 3.63) is 34.6 Å². The number of hydrogen-bond acceptors (Lipinski definition) is 5. The van der Waals surface area contributed by atoms with E-state index in [1.807, 2.05) is 13.8 Å². The number of alkyl halides is 3. The maximum atomic E-state index is 12.5. The number of rotatable bonds is 5. The molecule has 0 aliphatic heterocycles. The second-order valence-electron chi connectivity index (χ2n) is 5.00. The Hall–Kier alpha value is -1.28. The van der Waals surface area contributed by atoms with Crippen LogP contribution < -0.4 is 0 Å². The van der Waals surface area contributed by atoms with Crippen LogP contribution in [0.15, 0.2) is 21.8 Å². The highest BCUT2D eigenvalue weighted by Gasteiger charge is 2.31. The zero-order valence-electron chi connectivity index (χ0n) is 11.8. The largest absolute Gasteiger partial charge is 0.417 e. The minimum absolute atomic E-state index is 0.0539. The number of pyridine rings is 1. The summed E-state index contributed by atoms with van der Waals surface area (Å²) in [5.41, 5.74) is -0.876. The van der Waals surface area contributed by atoms with E-state index in [2.05, 4.69) is 15.1 Å². The van der Waals surface area contributed by atoms with Crippen molar-refractivity contribution < 1.29 is 17.7 Å². The third kappa shape index (κ3) is 4.61. The molecule has 0 bridgehead atoms. The highest BCUT2D eigenvalue weighted by atomic mass is 35.5. The van der Waals surface area contributed by atoms with Gasteiger partial charge in [0.05, 0.1) is 16.3 Å². The van der Waals surface area contributed by atoms with Gasteiger partial charge in [-0.1, -0.05) is 42.4 Å². The van der Waals surface area contributed by atoms with E-state index in [1.165, 1.54) is 0 Å². The Kier molecular flexibility index (Phi) is 5.33. The second kappa shape index (κ2) is 6.87. The fraction of sp³-hybridized carbons (Fsp3) is 0.462. The van der Waals surface area contributed by atoms with Gasteiger partial charge >= 0.3 is 6.18 Å². The van der Waals surface area contributed by atoms with Gasteiger partial charge in [-0.25, -0.2) is 4.98 Å². The zero-order valence-corrected chi connectivity index (χ0v) is 13.4. The average Bonchev–Trinajstić information content (AvgIpc) is 2.83. The van der Waals surface area contributed by atoms with Crippen LogP contribution in [0.1, 0.15) is 31.1 Å². The first-order chi connectivity index (χ1) is 10.3. The van der Waals surface area contributed by atoms with Crippen LogP contribution in [-0.4, -0.2) is 15.1 Å². The summed E-state index contributed by atoms with van der Waals surface area (Å²) >= 11 is 6.97. The predicted octanol–water partition coefficient (Wildman–Crippen LogP) is 4.63. The second-order valence-corrected chi connectivity index (χ2v) is 6.37. The Morgan fingerprint density at radius 3 is 2.68 bits per heavy atom. The summed E-state index contributed by atoms with van der Waals surface area (Å²) in [5, 5.41) is 4.07. The summed E-state index contributed by atoms with van der Waals surface area (Å²) in [6.07, 6.45) is -3.00. The molecule has 0 saturated carbocycles. The highest BCUT2D eigenvalue weighted by Crippen LogP contribution is 2.34. The molecule has 0 aliphatic carbocycles. The molecule has 0 atom stereocenters. The molecule has 0 radical (unpaired) electrons. The minimum Gasteiger partial charge on any atom is -0.338 e. The first-order valence-corrected chi connectivity index (χ1v) is 7.79. The molecule has 2 heterocycles. The lowest BCUT2D eigenvalue weighted by molar-refractivity contribution is -0.137. The molecule has 0 fully saturated rings. The van der Waals surface area contributed by atoms with Crippen LogP contribution in [0.5, 0.6) is 0 Å². The van der Waals surface area contributed by atoms with Crippen LogP contribution in [0.4, 0.5) is 13.2 Å². The normalized spacial score (nSPS) is 12.1. The molecule has 0 aromatic carbocycles. The van der Waals surface area contributed by atoms with Gasteiger partial charge in [0.1, 0.15) is 5.03 Å². The number of thioether (sulfide) groups is 1. The molecular formula is C13H13ClF3N3OS. The van der Waals surface area contributed by atoms with Crippen LogP contribution >= 0.6 is 23.4 Å². The fourth-order valence-corrected chi connectivity index (χ4v) is 2.65. The molecule has 0 spiro atoms. The van der Waals surface area contributed by atoms with E-state index in [0.29, 0.717) is 34.8 Å². The molecule has 4 nitrogen and oxygen atoms in total. The Balaban J connectivity index is 2.01. The highest BCUT2D eigenvalue weighted by molar-refractivity contribution is 7.98. The number of aromatic nitrogens is 3. The number of hydrogen-bond donors (Lipinski definition) is 0. The Morgan fingerprint density at radius 1 is 1.36 bits per heavy atom. The molecule has 2 rings (SSSR count). The summed E-state index contributed by atoms with van der Waals surface area (Å²) in [6.45, 7) is 4.08. The maximum absolute atomic E-state index is 12.5. The first kappa shape index (κ1) is 17.1. The third-order valence-corrected chi connectivity index (χ3v) is 3.96. The molecule has 120 valence electrons. The van der Waals surface area contributed by atoms with Crippen LogP contribution in [0.2, 0.25) is 5.02 Å². The zero-order chi connectivity index (χ0) is 16.3. The van der Waals surface area contributed by atoms with E-state index in [-0.39, 0.29) is 5.02 Å². The van der Waals surface area contributed by atoms with Crippen LogP contribution in [-0.2, 0) is 18.3 Å². The Bertz CT molecular complexity index is 646. The average molecular weight is 352 g/mol. The first-order valence-electron chi connectivity index (χ1n) is 6.42. The van der Waals surface area contributed by atoms with Crippen LogP contribution in [0.25, 0.3) is 0 Å². The van der Waals surface area contributed by atoms with Crippen molar-refractivity contribution in [1.82, 2.24) is 15.1 Å². The van der Waals surface area contributed by atoms with Crippen molar-refractivity contribution in [2.24, 2.45) is 5.92 Å². The lowest BCUT2D eigenvalue weighted by Gasteiger charge is -2.08. The quantitative estimate of drug-likeness (QED) is 0.735. The molecule has 0 aliphatic rings. The monoisotopic (exact) mass is 351 g/mol. The molecule has 0 amide bonds. The molecular weight excluding hydrogens is 339 g/mol. The van der Waals surface area contributed by atoms with Crippen molar-refractivity contribution in [2.75, 3.05) is 0 Å². The van der Waals surface area contributed by atoms with Crippen molar-refractivity contribution in [1.29, 1.82) is 0 Å². The van der Waals surface area contributed by atoms with Gasteiger partial charge in [0.2, 0.25) is 5.89 Å². The summed E-state index contributed by atoms with van der Waals surface area (Å²) in [6, 6.07) is 0.856. The van der Waals surface area contributed by atoms with Gasteiger partial charge in [-0.2, -0.15) is 18.2 Å². The molecule has 2 aromatic heterocycles.